The van der Waals surface area contributed by atoms with Gasteiger partial charge in [-0.15, -0.1) is 11.8 Å². The van der Waals surface area contributed by atoms with Gasteiger partial charge >= 0.3 is 0 Å². The number of anilines is 1. The van der Waals surface area contributed by atoms with Crippen LogP contribution in [0.4, 0.5) is 14.5 Å². The van der Waals surface area contributed by atoms with Crippen LogP contribution in [0.5, 0.6) is 0 Å². The van der Waals surface area contributed by atoms with Gasteiger partial charge in [-0.1, -0.05) is 17.3 Å². The van der Waals surface area contributed by atoms with Crippen LogP contribution in [-0.4, -0.2) is 17.3 Å². The van der Waals surface area contributed by atoms with Gasteiger partial charge in [-0.05, 0) is 30.5 Å². The molecule has 0 bridgehead atoms. The Hall–Kier alpha value is -2.67. The lowest BCUT2D eigenvalue weighted by atomic mass is 10.1. The molecule has 0 spiro atoms. The smallest absolute Gasteiger partial charge is 0.230 e. The third-order valence-corrected chi connectivity index (χ3v) is 4.27. The number of rotatable bonds is 5. The Morgan fingerprint density at radius 2 is 2.00 bits per heavy atom. The second-order valence-corrected chi connectivity index (χ2v) is 6.08. The fourth-order valence-electron chi connectivity index (χ4n) is 2.32. The van der Waals surface area contributed by atoms with E-state index in [-0.39, 0.29) is 23.7 Å². The monoisotopic (exact) mass is 360 g/mol. The van der Waals surface area contributed by atoms with Crippen molar-refractivity contribution in [1.82, 2.24) is 5.16 Å². The second-order valence-electron chi connectivity index (χ2n) is 5.23. The van der Waals surface area contributed by atoms with E-state index in [1.807, 2.05) is 30.5 Å². The highest BCUT2D eigenvalue weighted by Crippen LogP contribution is 2.26. The van der Waals surface area contributed by atoms with E-state index in [0.717, 1.165) is 17.0 Å². The first-order valence-electron chi connectivity index (χ1n) is 7.40. The highest BCUT2D eigenvalue weighted by atomic mass is 32.2. The highest BCUT2D eigenvalue weighted by Gasteiger charge is 2.15. The Kier molecular flexibility index (Phi) is 5.14. The largest absolute Gasteiger partial charge is 0.356 e. The fourth-order valence-corrected chi connectivity index (χ4v) is 2.87. The van der Waals surface area contributed by atoms with Crippen LogP contribution in [0, 0.1) is 11.6 Å². The van der Waals surface area contributed by atoms with Gasteiger partial charge in [0.05, 0.1) is 23.4 Å². The summed E-state index contributed by atoms with van der Waals surface area (Å²) in [6.45, 7) is 0. The standard InChI is InChI=1S/C18H14F2N2O2S/c1-25-17-5-3-2-4-15(17)21-18(23)10-12-9-16(24-22-12)13-7-6-11(19)8-14(13)20/h2-9H,10H2,1H3,(H,21,23). The molecular formula is C18H14F2N2O2S. The molecule has 1 amide bonds. The topological polar surface area (TPSA) is 55.1 Å². The third kappa shape index (κ3) is 4.06. The maximum Gasteiger partial charge on any atom is 0.230 e. The van der Waals surface area contributed by atoms with Crippen LogP contribution in [0.1, 0.15) is 5.69 Å². The summed E-state index contributed by atoms with van der Waals surface area (Å²) in [5.74, 6) is -1.54. The van der Waals surface area contributed by atoms with E-state index in [1.165, 1.54) is 23.9 Å². The highest BCUT2D eigenvalue weighted by molar-refractivity contribution is 7.98. The number of hydrogen-bond acceptors (Lipinski definition) is 4. The molecule has 3 aromatic rings. The van der Waals surface area contributed by atoms with Crippen LogP contribution < -0.4 is 5.32 Å². The number of para-hydroxylation sites is 1. The van der Waals surface area contributed by atoms with E-state index in [1.54, 1.807) is 0 Å². The summed E-state index contributed by atoms with van der Waals surface area (Å²) in [6.07, 6.45) is 1.90. The van der Waals surface area contributed by atoms with Gasteiger partial charge in [0.2, 0.25) is 5.91 Å². The molecule has 0 saturated heterocycles. The molecule has 0 saturated carbocycles. The fraction of sp³-hybridized carbons (Fsp3) is 0.111. The molecule has 1 aromatic heterocycles. The summed E-state index contributed by atoms with van der Waals surface area (Å²) in [5.41, 5.74) is 1.17. The quantitative estimate of drug-likeness (QED) is 0.680. The van der Waals surface area contributed by atoms with Crippen LogP contribution in [0.3, 0.4) is 0 Å². The Labute approximate surface area is 147 Å². The Morgan fingerprint density at radius 1 is 1.20 bits per heavy atom. The average molecular weight is 360 g/mol. The van der Waals surface area contributed by atoms with Crippen molar-refractivity contribution in [2.24, 2.45) is 0 Å². The SMILES string of the molecule is CSc1ccccc1NC(=O)Cc1cc(-c2ccc(F)cc2F)on1. The molecule has 0 unspecified atom stereocenters. The minimum Gasteiger partial charge on any atom is -0.356 e. The molecule has 0 atom stereocenters. The number of benzene rings is 2. The normalized spacial score (nSPS) is 10.7. The first-order valence-corrected chi connectivity index (χ1v) is 8.63. The second kappa shape index (κ2) is 7.48. The van der Waals surface area contributed by atoms with Gasteiger partial charge < -0.3 is 9.84 Å². The number of nitrogens with one attached hydrogen (secondary N) is 1. The molecule has 0 radical (unpaired) electrons. The Morgan fingerprint density at radius 3 is 2.76 bits per heavy atom. The van der Waals surface area contributed by atoms with Crippen molar-refractivity contribution in [3.8, 4) is 11.3 Å². The predicted molar refractivity (Wildman–Crippen MR) is 92.4 cm³/mol. The molecule has 3 rings (SSSR count). The van der Waals surface area contributed by atoms with E-state index >= 15 is 0 Å². The minimum atomic E-state index is -0.749. The maximum absolute atomic E-state index is 13.8. The van der Waals surface area contributed by atoms with Crippen LogP contribution in [0.15, 0.2) is 57.9 Å². The van der Waals surface area contributed by atoms with E-state index in [2.05, 4.69) is 10.5 Å². The molecule has 0 aliphatic heterocycles. The van der Waals surface area contributed by atoms with Crippen molar-refractivity contribution in [2.75, 3.05) is 11.6 Å². The number of nitrogens with zero attached hydrogens (tertiary/aromatic N) is 1. The van der Waals surface area contributed by atoms with Crippen LogP contribution >= 0.6 is 11.8 Å². The summed E-state index contributed by atoms with van der Waals surface area (Å²) in [4.78, 5) is 13.1. The molecule has 1 heterocycles. The number of carbonyl (C=O) groups is 1. The maximum atomic E-state index is 13.8. The van der Waals surface area contributed by atoms with Crippen LogP contribution in [0.2, 0.25) is 0 Å². The first-order chi connectivity index (χ1) is 12.1. The number of amides is 1. The van der Waals surface area contributed by atoms with E-state index in [4.69, 9.17) is 4.52 Å². The number of aromatic nitrogens is 1. The summed E-state index contributed by atoms with van der Waals surface area (Å²) in [7, 11) is 0. The summed E-state index contributed by atoms with van der Waals surface area (Å²) >= 11 is 1.53. The molecule has 2 aromatic carbocycles. The van der Waals surface area contributed by atoms with Crippen molar-refractivity contribution in [1.29, 1.82) is 0 Å². The van der Waals surface area contributed by atoms with Gasteiger partial charge in [-0.25, -0.2) is 8.78 Å². The first kappa shape index (κ1) is 17.2. The molecule has 4 nitrogen and oxygen atoms in total. The molecule has 128 valence electrons. The number of halogens is 2. The number of carbonyl (C=O) groups excluding carboxylic acids is 1. The molecular weight excluding hydrogens is 346 g/mol. The molecule has 0 aliphatic rings. The van der Waals surface area contributed by atoms with Crippen molar-refractivity contribution < 1.29 is 18.1 Å². The van der Waals surface area contributed by atoms with Gasteiger partial charge in [-0.2, -0.15) is 0 Å². The van der Waals surface area contributed by atoms with Gasteiger partial charge in [0, 0.05) is 17.0 Å². The molecule has 25 heavy (non-hydrogen) atoms. The molecule has 7 heteroatoms. The van der Waals surface area contributed by atoms with Crippen LogP contribution in [0.25, 0.3) is 11.3 Å². The zero-order valence-corrected chi connectivity index (χ0v) is 14.1. The lowest BCUT2D eigenvalue weighted by molar-refractivity contribution is -0.115. The van der Waals surface area contributed by atoms with Crippen molar-refractivity contribution in [3.05, 3.63) is 65.9 Å². The zero-order valence-electron chi connectivity index (χ0n) is 13.3. The minimum absolute atomic E-state index is 0.0188. The Bertz CT molecular complexity index is 912. The van der Waals surface area contributed by atoms with Crippen molar-refractivity contribution >= 4 is 23.4 Å². The summed E-state index contributed by atoms with van der Waals surface area (Å²) in [5, 5.41) is 6.59. The number of hydrogen-bond donors (Lipinski definition) is 1. The molecule has 0 aliphatic carbocycles. The van der Waals surface area contributed by atoms with E-state index < -0.39 is 11.6 Å². The van der Waals surface area contributed by atoms with Gasteiger partial charge in [0.1, 0.15) is 11.6 Å². The van der Waals surface area contributed by atoms with Gasteiger partial charge in [-0.3, -0.25) is 4.79 Å². The van der Waals surface area contributed by atoms with Gasteiger partial charge in [0.25, 0.3) is 0 Å². The lowest BCUT2D eigenvalue weighted by Crippen LogP contribution is -2.15. The van der Waals surface area contributed by atoms with E-state index in [0.29, 0.717) is 11.4 Å². The lowest BCUT2D eigenvalue weighted by Gasteiger charge is -2.08. The zero-order chi connectivity index (χ0) is 17.8. The Balaban J connectivity index is 1.72. The van der Waals surface area contributed by atoms with Crippen molar-refractivity contribution in [2.45, 2.75) is 11.3 Å². The summed E-state index contributed by atoms with van der Waals surface area (Å²) < 4.78 is 31.8. The summed E-state index contributed by atoms with van der Waals surface area (Å²) in [6, 6.07) is 12.1. The average Bonchev–Trinajstić information content (AvgIpc) is 3.03. The number of thioether (sulfide) groups is 1. The third-order valence-electron chi connectivity index (χ3n) is 3.48. The predicted octanol–water partition coefficient (Wildman–Crippen LogP) is 4.52. The molecule has 0 fully saturated rings. The molecule has 1 N–H and O–H groups in total. The van der Waals surface area contributed by atoms with Crippen LogP contribution in [-0.2, 0) is 11.2 Å². The van der Waals surface area contributed by atoms with E-state index in [9.17, 15) is 13.6 Å². The van der Waals surface area contributed by atoms with Crippen molar-refractivity contribution in [3.63, 3.8) is 0 Å². The van der Waals surface area contributed by atoms with Gasteiger partial charge in [0.15, 0.2) is 5.76 Å².